The first-order valence-corrected chi connectivity index (χ1v) is 5.91. The fourth-order valence-corrected chi connectivity index (χ4v) is 1.71. The van der Waals surface area contributed by atoms with Gasteiger partial charge in [-0.15, -0.1) is 11.6 Å². The van der Waals surface area contributed by atoms with Crippen molar-refractivity contribution >= 4 is 17.4 Å². The number of ether oxygens (including phenoxy) is 1. The molecule has 0 aliphatic rings. The summed E-state index contributed by atoms with van der Waals surface area (Å²) in [6.07, 6.45) is 2.37. The number of halogens is 1. The van der Waals surface area contributed by atoms with Crippen LogP contribution in [0.5, 0.6) is 5.88 Å². The Hall–Kier alpha value is -1.03. The van der Waals surface area contributed by atoms with Gasteiger partial charge in [-0.05, 0) is 27.2 Å². The van der Waals surface area contributed by atoms with E-state index in [0.29, 0.717) is 12.5 Å². The first-order valence-electron chi connectivity index (χ1n) is 5.47. The number of rotatable bonds is 6. The number of alkyl halides is 1. The maximum absolute atomic E-state index is 5.92. The predicted molar refractivity (Wildman–Crippen MR) is 66.2 cm³/mol. The molecule has 4 nitrogen and oxygen atoms in total. The summed E-state index contributed by atoms with van der Waals surface area (Å²) in [5, 5.41) is 3.41. The minimum absolute atomic E-state index is 0.149. The summed E-state index contributed by atoms with van der Waals surface area (Å²) in [7, 11) is 0. The number of nitrogens with one attached hydrogen (secondary N) is 1. The fraction of sp³-hybridized carbons (Fsp3) is 0.636. The molecule has 1 aromatic rings. The Balaban J connectivity index is 2.55. The highest BCUT2D eigenvalue weighted by Gasteiger charge is 2.07. The number of aromatic nitrogens is 2. The van der Waals surface area contributed by atoms with Crippen molar-refractivity contribution in [3.63, 3.8) is 0 Å². The number of hydrogen-bond acceptors (Lipinski definition) is 4. The van der Waals surface area contributed by atoms with E-state index < -0.39 is 0 Å². The van der Waals surface area contributed by atoms with Crippen LogP contribution in [-0.2, 0) is 0 Å². The van der Waals surface area contributed by atoms with E-state index in [1.165, 1.54) is 6.33 Å². The summed E-state index contributed by atoms with van der Waals surface area (Å²) in [4.78, 5) is 8.12. The van der Waals surface area contributed by atoms with Gasteiger partial charge in [0.25, 0.3) is 0 Å². The lowest BCUT2D eigenvalue weighted by Gasteiger charge is -2.15. The lowest BCUT2D eigenvalue weighted by Crippen LogP contribution is -2.19. The molecule has 0 amide bonds. The van der Waals surface area contributed by atoms with Crippen LogP contribution in [0, 0.1) is 0 Å². The molecule has 2 atom stereocenters. The van der Waals surface area contributed by atoms with Crippen molar-refractivity contribution in [3.8, 4) is 5.88 Å². The van der Waals surface area contributed by atoms with Crippen molar-refractivity contribution in [3.05, 3.63) is 12.4 Å². The van der Waals surface area contributed by atoms with E-state index >= 15 is 0 Å². The molecule has 16 heavy (non-hydrogen) atoms. The largest absolute Gasteiger partial charge is 0.478 e. The van der Waals surface area contributed by atoms with Gasteiger partial charge in [0, 0.05) is 17.5 Å². The van der Waals surface area contributed by atoms with Gasteiger partial charge >= 0.3 is 0 Å². The Morgan fingerprint density at radius 3 is 2.81 bits per heavy atom. The Bertz CT molecular complexity index is 320. The zero-order valence-electron chi connectivity index (χ0n) is 9.90. The summed E-state index contributed by atoms with van der Waals surface area (Å²) in [6, 6.07) is 2.07. The van der Waals surface area contributed by atoms with Gasteiger partial charge in [-0.2, -0.15) is 0 Å². The van der Waals surface area contributed by atoms with Gasteiger partial charge in [0.2, 0.25) is 5.88 Å². The van der Waals surface area contributed by atoms with Crippen molar-refractivity contribution in [2.75, 3.05) is 11.9 Å². The lowest BCUT2D eigenvalue weighted by atomic mass is 10.2. The van der Waals surface area contributed by atoms with E-state index in [1.807, 2.05) is 13.8 Å². The van der Waals surface area contributed by atoms with Crippen LogP contribution in [0.1, 0.15) is 27.2 Å². The van der Waals surface area contributed by atoms with Crippen LogP contribution in [-0.4, -0.2) is 28.0 Å². The highest BCUT2D eigenvalue weighted by molar-refractivity contribution is 6.20. The van der Waals surface area contributed by atoms with Crippen LogP contribution in [0.15, 0.2) is 12.4 Å². The minimum atomic E-state index is 0.149. The van der Waals surface area contributed by atoms with Crippen molar-refractivity contribution < 1.29 is 4.74 Å². The van der Waals surface area contributed by atoms with Gasteiger partial charge in [-0.1, -0.05) is 0 Å². The van der Waals surface area contributed by atoms with Crippen LogP contribution in [0.3, 0.4) is 0 Å². The third-order valence-corrected chi connectivity index (χ3v) is 2.19. The molecule has 2 unspecified atom stereocenters. The number of hydrogen-bond donors (Lipinski definition) is 1. The quantitative estimate of drug-likeness (QED) is 0.781. The van der Waals surface area contributed by atoms with Crippen molar-refractivity contribution in [2.45, 2.75) is 38.6 Å². The molecule has 0 spiro atoms. The summed E-state index contributed by atoms with van der Waals surface area (Å²) in [5.41, 5.74) is 0. The molecule has 0 aliphatic carbocycles. The van der Waals surface area contributed by atoms with E-state index in [9.17, 15) is 0 Å². The molecule has 0 aliphatic heterocycles. The van der Waals surface area contributed by atoms with Gasteiger partial charge in [-0.25, -0.2) is 9.97 Å². The Kier molecular flexibility index (Phi) is 5.32. The van der Waals surface area contributed by atoms with E-state index in [-0.39, 0.29) is 11.4 Å². The molecule has 5 heteroatoms. The molecule has 0 fully saturated rings. The van der Waals surface area contributed by atoms with Gasteiger partial charge in [0.1, 0.15) is 12.1 Å². The Labute approximate surface area is 101 Å². The second kappa shape index (κ2) is 6.53. The van der Waals surface area contributed by atoms with Crippen LogP contribution < -0.4 is 10.1 Å². The van der Waals surface area contributed by atoms with Crippen molar-refractivity contribution in [2.24, 2.45) is 0 Å². The molecule has 0 radical (unpaired) electrons. The fourth-order valence-electron chi connectivity index (χ4n) is 1.44. The monoisotopic (exact) mass is 243 g/mol. The van der Waals surface area contributed by atoms with Crippen LogP contribution >= 0.6 is 11.6 Å². The highest BCUT2D eigenvalue weighted by Crippen LogP contribution is 2.14. The zero-order chi connectivity index (χ0) is 12.0. The third kappa shape index (κ3) is 4.66. The minimum Gasteiger partial charge on any atom is -0.478 e. The average Bonchev–Trinajstić information content (AvgIpc) is 2.17. The lowest BCUT2D eigenvalue weighted by molar-refractivity contribution is 0.326. The molecule has 1 heterocycles. The van der Waals surface area contributed by atoms with E-state index in [2.05, 4.69) is 22.2 Å². The predicted octanol–water partition coefficient (Wildman–Crippen LogP) is 2.69. The normalized spacial score (nSPS) is 14.2. The number of anilines is 1. The SMILES string of the molecule is CCOc1cc(NC(C)CC(C)Cl)ncn1. The second-order valence-corrected chi connectivity index (χ2v) is 4.48. The summed E-state index contributed by atoms with van der Waals surface area (Å²) >= 11 is 5.92. The van der Waals surface area contributed by atoms with E-state index in [1.54, 1.807) is 6.07 Å². The van der Waals surface area contributed by atoms with Gasteiger partial charge in [-0.3, -0.25) is 0 Å². The Morgan fingerprint density at radius 1 is 1.44 bits per heavy atom. The molecule has 1 aromatic heterocycles. The van der Waals surface area contributed by atoms with Crippen LogP contribution in [0.2, 0.25) is 0 Å². The van der Waals surface area contributed by atoms with Gasteiger partial charge in [0.05, 0.1) is 6.61 Å². The molecule has 90 valence electrons. The van der Waals surface area contributed by atoms with E-state index in [0.717, 1.165) is 12.2 Å². The first-order chi connectivity index (χ1) is 7.61. The Morgan fingerprint density at radius 2 is 2.19 bits per heavy atom. The average molecular weight is 244 g/mol. The van der Waals surface area contributed by atoms with E-state index in [4.69, 9.17) is 16.3 Å². The molecule has 1 rings (SSSR count). The summed E-state index contributed by atoms with van der Waals surface area (Å²) < 4.78 is 5.29. The van der Waals surface area contributed by atoms with Gasteiger partial charge < -0.3 is 10.1 Å². The van der Waals surface area contributed by atoms with Crippen LogP contribution in [0.25, 0.3) is 0 Å². The molecule has 0 aromatic carbocycles. The molecule has 0 saturated heterocycles. The number of nitrogens with zero attached hydrogens (tertiary/aromatic N) is 2. The molecular weight excluding hydrogens is 226 g/mol. The van der Waals surface area contributed by atoms with Crippen molar-refractivity contribution in [1.82, 2.24) is 9.97 Å². The van der Waals surface area contributed by atoms with Gasteiger partial charge in [0.15, 0.2) is 0 Å². The summed E-state index contributed by atoms with van der Waals surface area (Å²) in [5.74, 6) is 1.36. The van der Waals surface area contributed by atoms with Crippen LogP contribution in [0.4, 0.5) is 5.82 Å². The third-order valence-electron chi connectivity index (χ3n) is 2.01. The topological polar surface area (TPSA) is 47.0 Å². The maximum atomic E-state index is 5.92. The standard InChI is InChI=1S/C11H18ClN3O/c1-4-16-11-6-10(13-7-14-11)15-9(3)5-8(2)12/h6-9H,4-5H2,1-3H3,(H,13,14,15). The zero-order valence-corrected chi connectivity index (χ0v) is 10.7. The molecule has 0 bridgehead atoms. The summed E-state index contributed by atoms with van der Waals surface area (Å²) in [6.45, 7) is 6.57. The smallest absolute Gasteiger partial charge is 0.218 e. The molecule has 0 saturated carbocycles. The highest BCUT2D eigenvalue weighted by atomic mass is 35.5. The maximum Gasteiger partial charge on any atom is 0.218 e. The molecular formula is C11H18ClN3O. The molecule has 1 N–H and O–H groups in total. The van der Waals surface area contributed by atoms with Crippen molar-refractivity contribution in [1.29, 1.82) is 0 Å². The second-order valence-electron chi connectivity index (χ2n) is 3.74. The first kappa shape index (κ1) is 13.0.